The Labute approximate surface area is 176 Å². The van der Waals surface area contributed by atoms with Crippen molar-refractivity contribution in [3.8, 4) is 0 Å². The van der Waals surface area contributed by atoms with E-state index in [1.54, 1.807) is 49.1 Å². The predicted octanol–water partition coefficient (Wildman–Crippen LogP) is 2.08. The Morgan fingerprint density at radius 3 is 2.40 bits per heavy atom. The minimum atomic E-state index is -3.45. The molecule has 1 aromatic heterocycles. The number of nitrogens with one attached hydrogen (secondary N) is 2. The fraction of sp³-hybridized carbons (Fsp3) is 0.286. The van der Waals surface area contributed by atoms with Gasteiger partial charge in [0.15, 0.2) is 0 Å². The molecule has 0 saturated heterocycles. The normalized spacial score (nSPS) is 11.6. The highest BCUT2D eigenvalue weighted by Gasteiger charge is 2.16. The lowest BCUT2D eigenvalue weighted by molar-refractivity contribution is 0.0951. The zero-order valence-electron chi connectivity index (χ0n) is 16.9. The van der Waals surface area contributed by atoms with E-state index in [1.165, 1.54) is 6.33 Å². The van der Waals surface area contributed by atoms with Crippen molar-refractivity contribution in [2.24, 2.45) is 0 Å². The highest BCUT2D eigenvalue weighted by Crippen LogP contribution is 2.13. The first-order valence-electron chi connectivity index (χ1n) is 9.59. The Hall–Kier alpha value is -3.04. The van der Waals surface area contributed by atoms with E-state index in [4.69, 9.17) is 0 Å². The molecule has 8 nitrogen and oxygen atoms in total. The maximum absolute atomic E-state index is 12.5. The van der Waals surface area contributed by atoms with E-state index in [0.717, 1.165) is 11.1 Å². The van der Waals surface area contributed by atoms with Crippen LogP contribution in [0.2, 0.25) is 0 Å². The third kappa shape index (κ3) is 6.23. The summed E-state index contributed by atoms with van der Waals surface area (Å²) in [6, 6.07) is 14.3. The van der Waals surface area contributed by atoms with Gasteiger partial charge in [0.05, 0.1) is 12.3 Å². The van der Waals surface area contributed by atoms with E-state index in [9.17, 15) is 13.2 Å². The van der Waals surface area contributed by atoms with E-state index in [1.807, 2.05) is 24.3 Å². The summed E-state index contributed by atoms with van der Waals surface area (Å²) < 4.78 is 28.8. The molecule has 3 aromatic rings. The zero-order chi connectivity index (χ0) is 21.6. The second kappa shape index (κ2) is 9.64. The van der Waals surface area contributed by atoms with Crippen molar-refractivity contribution in [3.63, 3.8) is 0 Å². The van der Waals surface area contributed by atoms with Crippen molar-refractivity contribution in [2.45, 2.75) is 38.7 Å². The number of amides is 1. The molecule has 1 amide bonds. The molecule has 0 radical (unpaired) electrons. The van der Waals surface area contributed by atoms with Gasteiger partial charge in [0.2, 0.25) is 10.0 Å². The number of carbonyl (C=O) groups excluding carboxylic acids is 1. The molecule has 0 bridgehead atoms. The molecule has 3 rings (SSSR count). The van der Waals surface area contributed by atoms with Crippen LogP contribution >= 0.6 is 0 Å². The van der Waals surface area contributed by atoms with Gasteiger partial charge in [0.1, 0.15) is 12.7 Å². The van der Waals surface area contributed by atoms with Crippen LogP contribution in [-0.4, -0.2) is 35.1 Å². The summed E-state index contributed by atoms with van der Waals surface area (Å²) in [5.41, 5.74) is 2.96. The molecule has 0 aliphatic heterocycles. The first-order chi connectivity index (χ1) is 14.3. The summed E-state index contributed by atoms with van der Waals surface area (Å²) in [6.45, 7) is 4.38. The van der Waals surface area contributed by atoms with Crippen molar-refractivity contribution in [1.82, 2.24) is 24.8 Å². The lowest BCUT2D eigenvalue weighted by Gasteiger charge is -2.13. The Morgan fingerprint density at radius 1 is 1.07 bits per heavy atom. The highest BCUT2D eigenvalue weighted by molar-refractivity contribution is 7.88. The number of sulfonamides is 1. The number of hydrogen-bond donors (Lipinski definition) is 2. The monoisotopic (exact) mass is 427 g/mol. The Morgan fingerprint density at radius 2 is 1.77 bits per heavy atom. The molecule has 30 heavy (non-hydrogen) atoms. The quantitative estimate of drug-likeness (QED) is 0.544. The molecule has 2 N–H and O–H groups in total. The maximum Gasteiger partial charge on any atom is 0.251 e. The summed E-state index contributed by atoms with van der Waals surface area (Å²) in [5, 5.41) is 6.93. The molecule has 0 unspecified atom stereocenters. The Balaban J connectivity index is 1.62. The first kappa shape index (κ1) is 21.7. The SMILES string of the molecule is CC(C)NS(=O)(=O)Cc1ccccc1CNC(=O)c1ccc(Cn2cncn2)cc1. The van der Waals surface area contributed by atoms with Gasteiger partial charge in [-0.1, -0.05) is 36.4 Å². The van der Waals surface area contributed by atoms with E-state index < -0.39 is 10.0 Å². The van der Waals surface area contributed by atoms with E-state index >= 15 is 0 Å². The lowest BCUT2D eigenvalue weighted by Crippen LogP contribution is -2.31. The van der Waals surface area contributed by atoms with Gasteiger partial charge in [0.25, 0.3) is 5.91 Å². The van der Waals surface area contributed by atoms with Crippen molar-refractivity contribution in [1.29, 1.82) is 0 Å². The highest BCUT2D eigenvalue weighted by atomic mass is 32.2. The van der Waals surface area contributed by atoms with Crippen LogP contribution < -0.4 is 10.0 Å². The van der Waals surface area contributed by atoms with Gasteiger partial charge in [-0.2, -0.15) is 5.10 Å². The van der Waals surface area contributed by atoms with Gasteiger partial charge in [-0.3, -0.25) is 4.79 Å². The second-order valence-electron chi connectivity index (χ2n) is 7.27. The number of benzene rings is 2. The van der Waals surface area contributed by atoms with Crippen LogP contribution in [0.15, 0.2) is 61.2 Å². The Bertz CT molecular complexity index is 1080. The summed E-state index contributed by atoms with van der Waals surface area (Å²) in [7, 11) is -3.45. The number of hydrogen-bond acceptors (Lipinski definition) is 5. The number of rotatable bonds is 9. The number of carbonyl (C=O) groups is 1. The lowest BCUT2D eigenvalue weighted by atomic mass is 10.1. The van der Waals surface area contributed by atoms with E-state index in [2.05, 4.69) is 20.1 Å². The average molecular weight is 428 g/mol. The summed E-state index contributed by atoms with van der Waals surface area (Å²) in [5.74, 6) is -0.353. The van der Waals surface area contributed by atoms with Gasteiger partial charge in [-0.15, -0.1) is 0 Å². The molecule has 0 fully saturated rings. The number of nitrogens with zero attached hydrogens (tertiary/aromatic N) is 3. The summed E-state index contributed by atoms with van der Waals surface area (Å²) in [6.07, 6.45) is 3.11. The van der Waals surface area contributed by atoms with Crippen LogP contribution in [0.5, 0.6) is 0 Å². The third-order valence-electron chi connectivity index (χ3n) is 4.35. The molecule has 0 aliphatic rings. The fourth-order valence-corrected chi connectivity index (χ4v) is 4.51. The van der Waals surface area contributed by atoms with Crippen molar-refractivity contribution < 1.29 is 13.2 Å². The second-order valence-corrected chi connectivity index (χ2v) is 9.03. The molecule has 0 aliphatic carbocycles. The van der Waals surface area contributed by atoms with Gasteiger partial charge < -0.3 is 5.32 Å². The van der Waals surface area contributed by atoms with Crippen LogP contribution in [0.3, 0.4) is 0 Å². The number of aromatic nitrogens is 3. The van der Waals surface area contributed by atoms with Gasteiger partial charge >= 0.3 is 0 Å². The van der Waals surface area contributed by atoms with Gasteiger partial charge in [0, 0.05) is 18.2 Å². The van der Waals surface area contributed by atoms with Crippen LogP contribution in [0.25, 0.3) is 0 Å². The van der Waals surface area contributed by atoms with E-state index in [-0.39, 0.29) is 24.2 Å². The summed E-state index contributed by atoms with van der Waals surface area (Å²) >= 11 is 0. The molecule has 158 valence electrons. The average Bonchev–Trinajstić information content (AvgIpc) is 3.19. The van der Waals surface area contributed by atoms with Crippen molar-refractivity contribution >= 4 is 15.9 Å². The molecule has 1 heterocycles. The van der Waals surface area contributed by atoms with Crippen LogP contribution in [0.4, 0.5) is 0 Å². The predicted molar refractivity (Wildman–Crippen MR) is 114 cm³/mol. The van der Waals surface area contributed by atoms with Crippen molar-refractivity contribution in [3.05, 3.63) is 83.4 Å². The molecule has 0 saturated carbocycles. The minimum Gasteiger partial charge on any atom is -0.348 e. The minimum absolute atomic E-state index is 0.131. The molecule has 9 heteroatoms. The smallest absolute Gasteiger partial charge is 0.251 e. The standard InChI is InChI=1S/C21H25N5O3S/c1-16(2)25-30(28,29)13-20-6-4-3-5-19(20)11-23-21(27)18-9-7-17(8-10-18)12-26-15-22-14-24-26/h3-10,14-16,25H,11-13H2,1-2H3,(H,23,27). The molecule has 0 spiro atoms. The van der Waals surface area contributed by atoms with Crippen molar-refractivity contribution in [2.75, 3.05) is 0 Å². The fourth-order valence-electron chi connectivity index (χ4n) is 3.02. The summed E-state index contributed by atoms with van der Waals surface area (Å²) in [4.78, 5) is 16.4. The topological polar surface area (TPSA) is 106 Å². The van der Waals surface area contributed by atoms with Crippen LogP contribution in [0.1, 0.15) is 40.9 Å². The Kier molecular flexibility index (Phi) is 6.96. The molecule has 0 atom stereocenters. The maximum atomic E-state index is 12.5. The molecular weight excluding hydrogens is 402 g/mol. The molecule has 2 aromatic carbocycles. The zero-order valence-corrected chi connectivity index (χ0v) is 17.8. The van der Waals surface area contributed by atoms with E-state index in [0.29, 0.717) is 17.7 Å². The van der Waals surface area contributed by atoms with Gasteiger partial charge in [-0.25, -0.2) is 22.8 Å². The largest absolute Gasteiger partial charge is 0.348 e. The molecular formula is C21H25N5O3S. The third-order valence-corrected chi connectivity index (χ3v) is 5.87. The first-order valence-corrected chi connectivity index (χ1v) is 11.2. The van der Waals surface area contributed by atoms with Crippen LogP contribution in [0, 0.1) is 0 Å². The van der Waals surface area contributed by atoms with Crippen LogP contribution in [-0.2, 0) is 28.9 Å². The van der Waals surface area contributed by atoms with Gasteiger partial charge in [-0.05, 0) is 42.7 Å².